The second-order valence-corrected chi connectivity index (χ2v) is 9.02. The lowest BCUT2D eigenvalue weighted by Crippen LogP contribution is -2.16. The van der Waals surface area contributed by atoms with Crippen LogP contribution >= 0.6 is 35.1 Å². The topological polar surface area (TPSA) is 121 Å². The van der Waals surface area contributed by atoms with E-state index in [1.165, 1.54) is 35.7 Å². The van der Waals surface area contributed by atoms with Crippen LogP contribution in [0.25, 0.3) is 0 Å². The third-order valence-corrected chi connectivity index (χ3v) is 6.26. The zero-order valence-corrected chi connectivity index (χ0v) is 18.8. The molecule has 1 heterocycles. The van der Waals surface area contributed by atoms with Crippen LogP contribution in [-0.2, 0) is 4.79 Å². The summed E-state index contributed by atoms with van der Waals surface area (Å²) in [5.74, 6) is -0.880. The summed E-state index contributed by atoms with van der Waals surface area (Å²) in [6.45, 7) is 2.00. The molecule has 0 unspecified atom stereocenters. The van der Waals surface area contributed by atoms with E-state index in [9.17, 15) is 19.5 Å². The van der Waals surface area contributed by atoms with Gasteiger partial charge in [-0.15, -0.1) is 11.8 Å². The third kappa shape index (κ3) is 6.54. The molecule has 2 amide bonds. The van der Waals surface area contributed by atoms with E-state index in [0.29, 0.717) is 16.0 Å². The molecule has 3 N–H and O–H groups in total. The number of amides is 2. The summed E-state index contributed by atoms with van der Waals surface area (Å²) in [6.07, 6.45) is 0. The van der Waals surface area contributed by atoms with Crippen LogP contribution < -0.4 is 10.6 Å². The fraction of sp³-hybridized carbons (Fsp3) is 0.150. The summed E-state index contributed by atoms with van der Waals surface area (Å²) in [6, 6.07) is 13.0. The quantitative estimate of drug-likeness (QED) is 0.392. The predicted molar refractivity (Wildman–Crippen MR) is 123 cm³/mol. The number of hydrogen-bond donors (Lipinski definition) is 3. The Kier molecular flexibility index (Phi) is 8.04. The molecule has 0 saturated carbocycles. The molecule has 160 valence electrons. The van der Waals surface area contributed by atoms with Crippen LogP contribution in [0, 0.1) is 0 Å². The van der Waals surface area contributed by atoms with Gasteiger partial charge in [0.2, 0.25) is 16.2 Å². The zero-order valence-electron chi connectivity index (χ0n) is 16.3. The van der Waals surface area contributed by atoms with Gasteiger partial charge in [0.05, 0.1) is 16.9 Å². The van der Waals surface area contributed by atoms with Crippen LogP contribution in [-0.4, -0.2) is 43.8 Å². The van der Waals surface area contributed by atoms with Crippen molar-refractivity contribution in [2.45, 2.75) is 17.0 Å². The Hall–Kier alpha value is -2.89. The molecule has 31 heavy (non-hydrogen) atoms. The van der Waals surface area contributed by atoms with Gasteiger partial charge in [0.15, 0.2) is 0 Å². The Labute approximate surface area is 191 Å². The minimum atomic E-state index is -1.17. The predicted octanol–water partition coefficient (Wildman–Crippen LogP) is 4.33. The second kappa shape index (κ2) is 10.9. The van der Waals surface area contributed by atoms with Crippen molar-refractivity contribution < 1.29 is 19.5 Å². The number of carbonyl (C=O) groups is 3. The van der Waals surface area contributed by atoms with E-state index in [1.54, 1.807) is 30.3 Å². The van der Waals surface area contributed by atoms with E-state index < -0.39 is 11.9 Å². The Balaban J connectivity index is 1.58. The van der Waals surface area contributed by atoms with E-state index in [0.717, 1.165) is 22.2 Å². The van der Waals surface area contributed by atoms with Gasteiger partial charge < -0.3 is 10.4 Å². The molecule has 0 saturated heterocycles. The molecule has 0 spiro atoms. The van der Waals surface area contributed by atoms with Crippen molar-refractivity contribution in [2.75, 3.05) is 22.1 Å². The van der Waals surface area contributed by atoms with E-state index in [2.05, 4.69) is 20.0 Å². The molecule has 0 aliphatic heterocycles. The number of aromatic nitrogens is 2. The largest absolute Gasteiger partial charge is 0.478 e. The molecule has 3 rings (SSSR count). The number of benzene rings is 2. The standard InChI is InChI=1S/C20H18N4O4S3/c1-2-29-20-23-19(31-24-20)22-16(25)11-30-13-7-5-6-12(10-13)21-17(26)14-8-3-4-9-15(14)18(27)28/h3-10H,2,11H2,1H3,(H,21,26)(H,27,28)(H,22,23,24,25). The van der Waals surface area contributed by atoms with Crippen molar-refractivity contribution in [1.29, 1.82) is 0 Å². The van der Waals surface area contributed by atoms with E-state index in [1.807, 2.05) is 13.0 Å². The number of thioether (sulfide) groups is 2. The Morgan fingerprint density at radius 3 is 2.55 bits per heavy atom. The summed E-state index contributed by atoms with van der Waals surface area (Å²) < 4.78 is 4.15. The molecular weight excluding hydrogens is 456 g/mol. The first-order valence-electron chi connectivity index (χ1n) is 9.09. The van der Waals surface area contributed by atoms with Crippen molar-refractivity contribution in [3.05, 3.63) is 59.7 Å². The number of carboxylic acid groups (broad SMARTS) is 1. The van der Waals surface area contributed by atoms with Crippen molar-refractivity contribution in [3.63, 3.8) is 0 Å². The first kappa shape index (κ1) is 22.8. The molecular formula is C20H18N4O4S3. The van der Waals surface area contributed by atoms with Gasteiger partial charge in [-0.05, 0) is 36.1 Å². The summed E-state index contributed by atoms with van der Waals surface area (Å²) in [4.78, 5) is 41.0. The fourth-order valence-electron chi connectivity index (χ4n) is 2.48. The van der Waals surface area contributed by atoms with Gasteiger partial charge >= 0.3 is 5.97 Å². The highest BCUT2D eigenvalue weighted by molar-refractivity contribution is 8.00. The van der Waals surface area contributed by atoms with Crippen LogP contribution in [0.1, 0.15) is 27.6 Å². The highest BCUT2D eigenvalue weighted by Crippen LogP contribution is 2.24. The fourth-order valence-corrected chi connectivity index (χ4v) is 4.52. The summed E-state index contributed by atoms with van der Waals surface area (Å²) in [5.41, 5.74) is 0.505. The van der Waals surface area contributed by atoms with Crippen molar-refractivity contribution in [2.24, 2.45) is 0 Å². The number of nitrogens with zero attached hydrogens (tertiary/aromatic N) is 2. The molecule has 3 aromatic rings. The number of nitrogens with one attached hydrogen (secondary N) is 2. The number of hydrogen-bond acceptors (Lipinski definition) is 8. The number of aromatic carboxylic acids is 1. The Morgan fingerprint density at radius 1 is 1.03 bits per heavy atom. The average Bonchev–Trinajstić information content (AvgIpc) is 3.19. The highest BCUT2D eigenvalue weighted by Gasteiger charge is 2.16. The minimum Gasteiger partial charge on any atom is -0.478 e. The Bertz CT molecular complexity index is 1100. The highest BCUT2D eigenvalue weighted by atomic mass is 32.2. The van der Waals surface area contributed by atoms with Gasteiger partial charge in [-0.1, -0.05) is 36.9 Å². The molecule has 11 heteroatoms. The number of carbonyl (C=O) groups excluding carboxylic acids is 2. The molecule has 8 nitrogen and oxygen atoms in total. The normalized spacial score (nSPS) is 10.5. The van der Waals surface area contributed by atoms with Crippen LogP contribution in [0.3, 0.4) is 0 Å². The second-order valence-electron chi connectivity index (χ2n) is 5.98. The molecule has 0 aliphatic carbocycles. The maximum absolute atomic E-state index is 12.5. The van der Waals surface area contributed by atoms with Crippen LogP contribution in [0.15, 0.2) is 58.6 Å². The maximum atomic E-state index is 12.5. The van der Waals surface area contributed by atoms with E-state index in [4.69, 9.17) is 0 Å². The smallest absolute Gasteiger partial charge is 0.336 e. The molecule has 0 fully saturated rings. The first-order chi connectivity index (χ1) is 15.0. The van der Waals surface area contributed by atoms with Gasteiger partial charge in [-0.25, -0.2) is 4.79 Å². The lowest BCUT2D eigenvalue weighted by Gasteiger charge is -2.09. The molecule has 2 aromatic carbocycles. The molecule has 0 radical (unpaired) electrons. The van der Waals surface area contributed by atoms with Crippen molar-refractivity contribution in [3.8, 4) is 0 Å². The van der Waals surface area contributed by atoms with Gasteiger partial charge in [-0.3, -0.25) is 14.9 Å². The van der Waals surface area contributed by atoms with Crippen LogP contribution in [0.5, 0.6) is 0 Å². The van der Waals surface area contributed by atoms with Crippen LogP contribution in [0.4, 0.5) is 10.8 Å². The number of carboxylic acids is 1. The van der Waals surface area contributed by atoms with Crippen LogP contribution in [0.2, 0.25) is 0 Å². The maximum Gasteiger partial charge on any atom is 0.336 e. The van der Waals surface area contributed by atoms with Gasteiger partial charge in [0.1, 0.15) is 0 Å². The number of rotatable bonds is 9. The average molecular weight is 475 g/mol. The SMILES string of the molecule is CCSc1nsc(NC(=O)CSc2cccc(NC(=O)c3ccccc3C(=O)O)c2)n1. The van der Waals surface area contributed by atoms with Crippen molar-refractivity contribution in [1.82, 2.24) is 9.36 Å². The van der Waals surface area contributed by atoms with Crippen molar-refractivity contribution >= 4 is 63.7 Å². The van der Waals surface area contributed by atoms with E-state index >= 15 is 0 Å². The lowest BCUT2D eigenvalue weighted by atomic mass is 10.1. The third-order valence-electron chi connectivity index (χ3n) is 3.79. The minimum absolute atomic E-state index is 0.0700. The summed E-state index contributed by atoms with van der Waals surface area (Å²) in [5, 5.41) is 15.8. The van der Waals surface area contributed by atoms with Gasteiger partial charge in [-0.2, -0.15) is 9.36 Å². The Morgan fingerprint density at radius 2 is 1.81 bits per heavy atom. The monoisotopic (exact) mass is 474 g/mol. The summed E-state index contributed by atoms with van der Waals surface area (Å²) >= 11 is 3.95. The first-order valence-corrected chi connectivity index (χ1v) is 11.8. The zero-order chi connectivity index (χ0) is 22.2. The molecule has 0 atom stereocenters. The van der Waals surface area contributed by atoms with Gasteiger partial charge in [0.25, 0.3) is 5.91 Å². The molecule has 0 bridgehead atoms. The van der Waals surface area contributed by atoms with Gasteiger partial charge in [0, 0.05) is 22.1 Å². The molecule has 1 aromatic heterocycles. The van der Waals surface area contributed by atoms with E-state index in [-0.39, 0.29) is 22.8 Å². The molecule has 0 aliphatic rings. The number of anilines is 2. The lowest BCUT2D eigenvalue weighted by molar-refractivity contribution is -0.113. The summed E-state index contributed by atoms with van der Waals surface area (Å²) in [7, 11) is 0.